The molecule has 0 aliphatic carbocycles. The minimum Gasteiger partial charge on any atom is -0.505 e. The molecule has 5 heteroatoms. The van der Waals surface area contributed by atoms with Crippen molar-refractivity contribution >= 4 is 11.6 Å². The van der Waals surface area contributed by atoms with Crippen molar-refractivity contribution in [2.75, 3.05) is 11.9 Å². The number of ether oxygens (including phenoxy) is 1. The number of aromatic hydroxyl groups is 1. The molecule has 3 rings (SSSR count). The number of hydrogen-bond acceptors (Lipinski definition) is 3. The predicted octanol–water partition coefficient (Wildman–Crippen LogP) is 2.72. The second kappa shape index (κ2) is 5.44. The molecule has 1 amide bonds. The standard InChI is InChI=1S/C16H14FNO3/c17-13-8-12(5-6-14(13)19)18-16(20)11-7-10-3-1-2-4-15(10)21-9-11/h1-6,8,11,19H,7,9H2,(H,18,20). The van der Waals surface area contributed by atoms with Gasteiger partial charge in [0.25, 0.3) is 0 Å². The Bertz CT molecular complexity index is 687. The molecule has 0 saturated carbocycles. The molecular weight excluding hydrogens is 273 g/mol. The highest BCUT2D eigenvalue weighted by molar-refractivity contribution is 5.93. The van der Waals surface area contributed by atoms with Gasteiger partial charge in [0.2, 0.25) is 5.91 Å². The molecule has 0 bridgehead atoms. The third-order valence-corrected chi connectivity index (χ3v) is 3.46. The van der Waals surface area contributed by atoms with Crippen LogP contribution in [0.25, 0.3) is 0 Å². The van der Waals surface area contributed by atoms with Gasteiger partial charge in [-0.25, -0.2) is 4.39 Å². The van der Waals surface area contributed by atoms with E-state index >= 15 is 0 Å². The minimum atomic E-state index is -0.766. The van der Waals surface area contributed by atoms with Gasteiger partial charge in [-0.1, -0.05) is 18.2 Å². The highest BCUT2D eigenvalue weighted by Crippen LogP contribution is 2.27. The van der Waals surface area contributed by atoms with Crippen molar-refractivity contribution in [3.05, 3.63) is 53.8 Å². The summed E-state index contributed by atoms with van der Waals surface area (Å²) in [4.78, 5) is 12.2. The number of hydrogen-bond donors (Lipinski definition) is 2. The fraction of sp³-hybridized carbons (Fsp3) is 0.188. The Morgan fingerprint density at radius 2 is 2.10 bits per heavy atom. The Morgan fingerprint density at radius 3 is 2.90 bits per heavy atom. The van der Waals surface area contributed by atoms with Crippen LogP contribution in [0.15, 0.2) is 42.5 Å². The van der Waals surface area contributed by atoms with Gasteiger partial charge >= 0.3 is 0 Å². The van der Waals surface area contributed by atoms with Gasteiger partial charge in [0.15, 0.2) is 11.6 Å². The highest BCUT2D eigenvalue weighted by Gasteiger charge is 2.25. The number of anilines is 1. The van der Waals surface area contributed by atoms with Crippen molar-refractivity contribution in [2.24, 2.45) is 5.92 Å². The zero-order valence-electron chi connectivity index (χ0n) is 11.2. The Morgan fingerprint density at radius 1 is 1.29 bits per heavy atom. The van der Waals surface area contributed by atoms with Gasteiger partial charge in [-0.15, -0.1) is 0 Å². The number of phenols is 1. The van der Waals surface area contributed by atoms with Crippen molar-refractivity contribution in [3.63, 3.8) is 0 Å². The number of para-hydroxylation sites is 1. The fourth-order valence-electron chi connectivity index (χ4n) is 2.33. The van der Waals surface area contributed by atoms with E-state index in [1.54, 1.807) is 0 Å². The van der Waals surface area contributed by atoms with E-state index in [1.807, 2.05) is 24.3 Å². The molecule has 21 heavy (non-hydrogen) atoms. The summed E-state index contributed by atoms with van der Waals surface area (Å²) >= 11 is 0. The van der Waals surface area contributed by atoms with Crippen LogP contribution in [0.2, 0.25) is 0 Å². The first-order valence-electron chi connectivity index (χ1n) is 6.63. The van der Waals surface area contributed by atoms with Crippen LogP contribution in [0.3, 0.4) is 0 Å². The number of carbonyl (C=O) groups is 1. The van der Waals surface area contributed by atoms with Crippen LogP contribution in [0.5, 0.6) is 11.5 Å². The lowest BCUT2D eigenvalue weighted by molar-refractivity contribution is -0.121. The van der Waals surface area contributed by atoms with E-state index in [4.69, 9.17) is 9.84 Å². The first-order valence-corrected chi connectivity index (χ1v) is 6.63. The molecule has 1 heterocycles. The maximum absolute atomic E-state index is 13.2. The molecule has 4 nitrogen and oxygen atoms in total. The van der Waals surface area contributed by atoms with Crippen molar-refractivity contribution in [1.29, 1.82) is 0 Å². The van der Waals surface area contributed by atoms with Gasteiger partial charge in [-0.05, 0) is 30.2 Å². The Balaban J connectivity index is 1.70. The van der Waals surface area contributed by atoms with Gasteiger partial charge in [0, 0.05) is 11.8 Å². The van der Waals surface area contributed by atoms with Crippen LogP contribution in [0.1, 0.15) is 5.56 Å². The number of rotatable bonds is 2. The molecule has 2 aromatic carbocycles. The number of carbonyl (C=O) groups excluding carboxylic acids is 1. The molecule has 1 aliphatic rings. The van der Waals surface area contributed by atoms with E-state index in [2.05, 4.69) is 5.32 Å². The first kappa shape index (κ1) is 13.4. The summed E-state index contributed by atoms with van der Waals surface area (Å²) in [6.45, 7) is 0.295. The number of nitrogens with one attached hydrogen (secondary N) is 1. The summed E-state index contributed by atoms with van der Waals surface area (Å²) < 4.78 is 18.8. The highest BCUT2D eigenvalue weighted by atomic mass is 19.1. The average molecular weight is 287 g/mol. The molecule has 1 atom stereocenters. The largest absolute Gasteiger partial charge is 0.505 e. The molecule has 108 valence electrons. The van der Waals surface area contributed by atoms with Gasteiger partial charge in [-0.2, -0.15) is 0 Å². The van der Waals surface area contributed by atoms with Crippen molar-refractivity contribution < 1.29 is 19.0 Å². The third-order valence-electron chi connectivity index (χ3n) is 3.46. The molecule has 0 aromatic heterocycles. The Hall–Kier alpha value is -2.56. The minimum absolute atomic E-state index is 0.227. The predicted molar refractivity (Wildman–Crippen MR) is 75.8 cm³/mol. The van der Waals surface area contributed by atoms with Crippen LogP contribution < -0.4 is 10.1 Å². The Kier molecular flexibility index (Phi) is 3.48. The number of fused-ring (bicyclic) bond motifs is 1. The summed E-state index contributed by atoms with van der Waals surface area (Å²) in [6.07, 6.45) is 0.586. The molecule has 2 N–H and O–H groups in total. The Labute approximate surface area is 121 Å². The van der Waals surface area contributed by atoms with E-state index in [0.717, 1.165) is 17.4 Å². The van der Waals surface area contributed by atoms with Gasteiger partial charge in [0.05, 0.1) is 5.92 Å². The second-order valence-corrected chi connectivity index (χ2v) is 4.98. The second-order valence-electron chi connectivity index (χ2n) is 4.98. The van der Waals surface area contributed by atoms with Crippen LogP contribution in [-0.4, -0.2) is 17.6 Å². The van der Waals surface area contributed by atoms with E-state index in [1.165, 1.54) is 12.1 Å². The van der Waals surface area contributed by atoms with E-state index < -0.39 is 11.6 Å². The molecular formula is C16H14FNO3. The average Bonchev–Trinajstić information content (AvgIpc) is 2.50. The summed E-state index contributed by atoms with van der Waals surface area (Å²) in [5.74, 6) is -0.954. The molecule has 0 radical (unpaired) electrons. The van der Waals surface area contributed by atoms with E-state index in [9.17, 15) is 9.18 Å². The number of benzene rings is 2. The maximum atomic E-state index is 13.2. The van der Waals surface area contributed by atoms with Gasteiger partial charge in [0.1, 0.15) is 12.4 Å². The topological polar surface area (TPSA) is 58.6 Å². The zero-order chi connectivity index (χ0) is 14.8. The lowest BCUT2D eigenvalue weighted by Crippen LogP contribution is -2.32. The molecule has 1 unspecified atom stereocenters. The summed E-state index contributed by atoms with van der Waals surface area (Å²) in [5.41, 5.74) is 1.30. The van der Waals surface area contributed by atoms with Gasteiger partial charge in [-0.3, -0.25) is 4.79 Å². The number of halogens is 1. The smallest absolute Gasteiger partial charge is 0.231 e. The van der Waals surface area contributed by atoms with Crippen LogP contribution in [0, 0.1) is 11.7 Å². The van der Waals surface area contributed by atoms with Gasteiger partial charge < -0.3 is 15.2 Å². The van der Waals surface area contributed by atoms with Crippen molar-refractivity contribution in [2.45, 2.75) is 6.42 Å². The van der Waals surface area contributed by atoms with Crippen LogP contribution >= 0.6 is 0 Å². The van der Waals surface area contributed by atoms with Crippen LogP contribution in [-0.2, 0) is 11.2 Å². The lowest BCUT2D eigenvalue weighted by Gasteiger charge is -2.24. The fourth-order valence-corrected chi connectivity index (χ4v) is 2.33. The molecule has 0 spiro atoms. The monoisotopic (exact) mass is 287 g/mol. The maximum Gasteiger partial charge on any atom is 0.231 e. The van der Waals surface area contributed by atoms with Crippen molar-refractivity contribution in [1.82, 2.24) is 0 Å². The molecule has 2 aromatic rings. The molecule has 0 fully saturated rings. The SMILES string of the molecule is O=C(Nc1ccc(O)c(F)c1)C1COc2ccccc2C1. The molecule has 1 aliphatic heterocycles. The van der Waals surface area contributed by atoms with Crippen LogP contribution in [0.4, 0.5) is 10.1 Å². The third kappa shape index (κ3) is 2.81. The first-order chi connectivity index (χ1) is 10.1. The number of amides is 1. The quantitative estimate of drug-likeness (QED) is 0.835. The summed E-state index contributed by atoms with van der Waals surface area (Å²) in [5, 5.41) is 11.8. The summed E-state index contributed by atoms with van der Waals surface area (Å²) in [6, 6.07) is 11.3. The summed E-state index contributed by atoms with van der Waals surface area (Å²) in [7, 11) is 0. The normalized spacial score (nSPS) is 16.7. The van der Waals surface area contributed by atoms with E-state index in [-0.39, 0.29) is 11.8 Å². The van der Waals surface area contributed by atoms with Crippen molar-refractivity contribution in [3.8, 4) is 11.5 Å². The zero-order valence-corrected chi connectivity index (χ0v) is 11.2. The molecule has 0 saturated heterocycles. The lowest BCUT2D eigenvalue weighted by atomic mass is 9.96. The number of phenolic OH excluding ortho intramolecular Hbond substituents is 1. The van der Waals surface area contributed by atoms with E-state index in [0.29, 0.717) is 18.7 Å².